The summed E-state index contributed by atoms with van der Waals surface area (Å²) in [6.45, 7) is 21.8. The fraction of sp³-hybridized carbons (Fsp3) is 0.805. The smallest absolute Gasteiger partial charge is 0.0477 e. The first-order chi connectivity index (χ1) is 20.6. The average molecular weight is 629 g/mol. The topological polar surface area (TPSA) is 0 Å². The van der Waals surface area contributed by atoms with Crippen molar-refractivity contribution < 1.29 is 0 Å². The van der Waals surface area contributed by atoms with E-state index in [2.05, 4.69) is 97.1 Å². The number of hydrogen-bond acceptors (Lipinski definition) is 2. The molecule has 0 radical (unpaired) electrons. The Morgan fingerprint density at radius 2 is 1.07 bits per heavy atom. The molecular weight excluding hydrogens is 557 g/mol. The van der Waals surface area contributed by atoms with Crippen LogP contribution in [0, 0.1) is 5.92 Å². The van der Waals surface area contributed by atoms with Crippen LogP contribution in [0.2, 0.25) is 0 Å². The van der Waals surface area contributed by atoms with E-state index in [0.29, 0.717) is 0 Å². The van der Waals surface area contributed by atoms with E-state index >= 15 is 0 Å². The first-order valence-corrected chi connectivity index (χ1v) is 20.5. The van der Waals surface area contributed by atoms with Crippen LogP contribution in [0.4, 0.5) is 0 Å². The van der Waals surface area contributed by atoms with E-state index in [-0.39, 0.29) is 10.8 Å². The Labute approximate surface area is 278 Å². The van der Waals surface area contributed by atoms with Crippen LogP contribution in [0.5, 0.6) is 0 Å². The molecule has 0 bridgehead atoms. The summed E-state index contributed by atoms with van der Waals surface area (Å²) in [4.78, 5) is 6.52. The van der Waals surface area contributed by atoms with Crippen molar-refractivity contribution in [3.63, 3.8) is 0 Å². The lowest BCUT2D eigenvalue weighted by Crippen LogP contribution is -2.17. The number of unbranched alkanes of at least 4 members (excludes halogenated alkanes) is 12. The molecule has 0 atom stereocenters. The Hall–Kier alpha value is -0.600. The molecule has 0 fully saturated rings. The second-order valence-electron chi connectivity index (χ2n) is 15.5. The Balaban J connectivity index is 2.37. The van der Waals surface area contributed by atoms with Crippen molar-refractivity contribution >= 4 is 22.7 Å². The average Bonchev–Trinajstić information content (AvgIpc) is 3.58. The summed E-state index contributed by atoms with van der Waals surface area (Å²) in [5, 5.41) is 0. The Morgan fingerprint density at radius 1 is 0.558 bits per heavy atom. The van der Waals surface area contributed by atoms with Gasteiger partial charge in [-0.05, 0) is 78.5 Å². The summed E-state index contributed by atoms with van der Waals surface area (Å²) < 4.78 is 0. The normalized spacial score (nSPS) is 12.6. The highest BCUT2D eigenvalue weighted by Gasteiger charge is 2.29. The molecule has 248 valence electrons. The highest BCUT2D eigenvalue weighted by atomic mass is 32.1. The summed E-state index contributed by atoms with van der Waals surface area (Å²) >= 11 is 4.32. The fourth-order valence-electron chi connectivity index (χ4n) is 6.64. The molecule has 0 unspecified atom stereocenters. The molecule has 0 aliphatic heterocycles. The summed E-state index contributed by atoms with van der Waals surface area (Å²) in [7, 11) is 0. The van der Waals surface area contributed by atoms with Gasteiger partial charge in [0, 0.05) is 19.5 Å². The third-order valence-corrected chi connectivity index (χ3v) is 13.0. The van der Waals surface area contributed by atoms with Gasteiger partial charge in [-0.3, -0.25) is 0 Å². The molecule has 0 N–H and O–H groups in total. The minimum absolute atomic E-state index is 0.268. The lowest BCUT2D eigenvalue weighted by Gasteiger charge is -2.25. The highest BCUT2D eigenvalue weighted by Crippen LogP contribution is 2.47. The van der Waals surface area contributed by atoms with Crippen LogP contribution >= 0.6 is 22.7 Å². The van der Waals surface area contributed by atoms with Gasteiger partial charge in [-0.2, -0.15) is 0 Å². The van der Waals surface area contributed by atoms with E-state index in [0.717, 1.165) is 5.92 Å². The fourth-order valence-corrected chi connectivity index (χ4v) is 9.46. The molecule has 0 aromatic carbocycles. The van der Waals surface area contributed by atoms with Crippen molar-refractivity contribution in [3.8, 4) is 9.75 Å². The quantitative estimate of drug-likeness (QED) is 0.0960. The minimum atomic E-state index is 0.268. The summed E-state index contributed by atoms with van der Waals surface area (Å²) in [5.74, 6) is 0.841. The highest BCUT2D eigenvalue weighted by molar-refractivity contribution is 7.22. The second-order valence-corrected chi connectivity index (χ2v) is 17.6. The summed E-state index contributed by atoms with van der Waals surface area (Å²) in [6, 6.07) is 5.32. The van der Waals surface area contributed by atoms with Crippen LogP contribution < -0.4 is 0 Å². The van der Waals surface area contributed by atoms with Crippen molar-refractivity contribution in [2.24, 2.45) is 5.92 Å². The van der Waals surface area contributed by atoms with Gasteiger partial charge in [0.25, 0.3) is 0 Å². The molecule has 43 heavy (non-hydrogen) atoms. The molecule has 0 amide bonds. The zero-order valence-electron chi connectivity index (χ0n) is 30.4. The van der Waals surface area contributed by atoms with Crippen molar-refractivity contribution in [3.05, 3.63) is 33.0 Å². The molecule has 2 heterocycles. The third-order valence-electron chi connectivity index (χ3n) is 9.71. The number of thiophene rings is 2. The zero-order valence-corrected chi connectivity index (χ0v) is 32.0. The maximum Gasteiger partial charge on any atom is 0.0477 e. The van der Waals surface area contributed by atoms with Crippen LogP contribution in [0.15, 0.2) is 12.1 Å². The monoisotopic (exact) mass is 629 g/mol. The van der Waals surface area contributed by atoms with Gasteiger partial charge in [-0.1, -0.05) is 159 Å². The largest absolute Gasteiger partial charge is 0.139 e. The molecule has 0 aliphatic rings. The number of aryl methyl sites for hydroxylation is 2. The van der Waals surface area contributed by atoms with Gasteiger partial charge in [0.05, 0.1) is 0 Å². The van der Waals surface area contributed by atoms with Crippen molar-refractivity contribution in [2.75, 3.05) is 0 Å². The summed E-state index contributed by atoms with van der Waals surface area (Å²) in [5.41, 5.74) is 3.86. The molecule has 2 aromatic heterocycles. The molecule has 2 heteroatoms. The molecule has 0 nitrogen and oxygen atoms in total. The van der Waals surface area contributed by atoms with E-state index in [4.69, 9.17) is 0 Å². The Morgan fingerprint density at radius 3 is 1.67 bits per heavy atom. The molecular formula is C41H72S2. The van der Waals surface area contributed by atoms with Gasteiger partial charge in [-0.25, -0.2) is 0 Å². The van der Waals surface area contributed by atoms with Crippen LogP contribution in [-0.4, -0.2) is 0 Å². The first kappa shape index (κ1) is 38.6. The van der Waals surface area contributed by atoms with Gasteiger partial charge in [0.15, 0.2) is 0 Å². The lowest BCUT2D eigenvalue weighted by atomic mass is 9.82. The van der Waals surface area contributed by atoms with E-state index in [1.807, 2.05) is 0 Å². The molecule has 2 aromatic rings. The molecule has 0 saturated carbocycles. The molecule has 0 aliphatic carbocycles. The van der Waals surface area contributed by atoms with E-state index < -0.39 is 0 Å². The standard InChI is InChI=1S/C41H72S2/c1-10-13-16-17-18-22-27-34-32-37(40(6,7)29-24-14-11-2)43-38(34)36-31-35(28-23-20-19-21-26-33(4)5)39(42-36)41(8,9)30-25-15-12-3/h31-33H,10-30H2,1-9H3. The first-order valence-electron chi connectivity index (χ1n) is 18.8. The van der Waals surface area contributed by atoms with Gasteiger partial charge in [0.2, 0.25) is 0 Å². The van der Waals surface area contributed by atoms with Crippen LogP contribution in [-0.2, 0) is 23.7 Å². The maximum atomic E-state index is 2.67. The van der Waals surface area contributed by atoms with E-state index in [9.17, 15) is 0 Å². The van der Waals surface area contributed by atoms with Gasteiger partial charge < -0.3 is 0 Å². The van der Waals surface area contributed by atoms with E-state index in [1.165, 1.54) is 135 Å². The van der Waals surface area contributed by atoms with Gasteiger partial charge >= 0.3 is 0 Å². The Kier molecular flexibility index (Phi) is 18.4. The summed E-state index contributed by atoms with van der Waals surface area (Å²) in [6.07, 6.45) is 28.3. The van der Waals surface area contributed by atoms with Gasteiger partial charge in [0.1, 0.15) is 0 Å². The van der Waals surface area contributed by atoms with Crippen LogP contribution in [0.25, 0.3) is 9.75 Å². The van der Waals surface area contributed by atoms with Crippen molar-refractivity contribution in [1.82, 2.24) is 0 Å². The van der Waals surface area contributed by atoms with E-state index in [1.54, 1.807) is 30.6 Å². The van der Waals surface area contributed by atoms with Gasteiger partial charge in [-0.15, -0.1) is 22.7 Å². The van der Waals surface area contributed by atoms with Crippen molar-refractivity contribution in [1.29, 1.82) is 0 Å². The second kappa shape index (κ2) is 20.5. The SMILES string of the molecule is CCCCCCCCc1cc(C(C)(C)CCCCC)sc1-c1cc(CCCCCCC(C)C)c(C(C)(C)CCCCC)s1. The Bertz CT molecular complexity index is 986. The van der Waals surface area contributed by atoms with Crippen LogP contribution in [0.3, 0.4) is 0 Å². The predicted molar refractivity (Wildman–Crippen MR) is 201 cm³/mol. The lowest BCUT2D eigenvalue weighted by molar-refractivity contribution is 0.454. The number of hydrogen-bond donors (Lipinski definition) is 0. The minimum Gasteiger partial charge on any atom is -0.139 e. The molecule has 2 rings (SSSR count). The molecule has 0 saturated heterocycles. The molecule has 0 spiro atoms. The number of rotatable bonds is 25. The maximum absolute atomic E-state index is 2.67. The van der Waals surface area contributed by atoms with Crippen molar-refractivity contribution in [2.45, 2.75) is 208 Å². The zero-order chi connectivity index (χ0) is 31.7. The predicted octanol–water partition coefficient (Wildman–Crippen LogP) is 15.2. The third kappa shape index (κ3) is 13.7. The van der Waals surface area contributed by atoms with Crippen LogP contribution in [0.1, 0.15) is 205 Å².